The zero-order valence-corrected chi connectivity index (χ0v) is 15.8. The molecule has 2 aliphatic rings. The largest absolute Gasteiger partial charge is 0.340 e. The van der Waals surface area contributed by atoms with Crippen molar-refractivity contribution in [3.05, 3.63) is 12.5 Å². The second-order valence-corrected chi connectivity index (χ2v) is 8.76. The molecule has 1 amide bonds. The highest BCUT2D eigenvalue weighted by Gasteiger charge is 2.36. The van der Waals surface area contributed by atoms with Gasteiger partial charge in [0.2, 0.25) is 5.91 Å². The number of sulfonamides is 1. The van der Waals surface area contributed by atoms with Gasteiger partial charge < -0.3 is 14.4 Å². The van der Waals surface area contributed by atoms with Crippen molar-refractivity contribution in [1.29, 1.82) is 0 Å². The zero-order chi connectivity index (χ0) is 18.0. The molecule has 0 saturated carbocycles. The van der Waals surface area contributed by atoms with E-state index in [0.717, 1.165) is 32.6 Å². The number of carbonyl (C=O) groups excluding carboxylic acids is 1. The van der Waals surface area contributed by atoms with Crippen LogP contribution in [0.4, 0.5) is 0 Å². The molecule has 0 bridgehead atoms. The van der Waals surface area contributed by atoms with E-state index in [9.17, 15) is 13.2 Å². The maximum Gasteiger partial charge on any atom is 0.262 e. The van der Waals surface area contributed by atoms with Crippen LogP contribution in [0.2, 0.25) is 0 Å². The lowest BCUT2D eigenvalue weighted by atomic mass is 9.98. The van der Waals surface area contributed by atoms with Crippen LogP contribution >= 0.6 is 0 Å². The van der Waals surface area contributed by atoms with Crippen molar-refractivity contribution in [2.75, 3.05) is 46.3 Å². The minimum absolute atomic E-state index is 0.0713. The lowest BCUT2D eigenvalue weighted by Gasteiger charge is -2.37. The van der Waals surface area contributed by atoms with Crippen LogP contribution in [0, 0.1) is 5.92 Å². The van der Waals surface area contributed by atoms with Crippen molar-refractivity contribution in [3.8, 4) is 0 Å². The Labute approximate surface area is 149 Å². The van der Waals surface area contributed by atoms with Crippen molar-refractivity contribution in [2.24, 2.45) is 5.92 Å². The van der Waals surface area contributed by atoms with Gasteiger partial charge in [-0.25, -0.2) is 13.4 Å². The fourth-order valence-corrected chi connectivity index (χ4v) is 4.88. The number of aryl methyl sites for hydroxylation is 1. The second kappa shape index (κ2) is 7.43. The van der Waals surface area contributed by atoms with Crippen molar-refractivity contribution in [3.63, 3.8) is 0 Å². The molecular formula is C16H27N5O3S. The summed E-state index contributed by atoms with van der Waals surface area (Å²) in [5.74, 6) is -0.160. The van der Waals surface area contributed by atoms with Crippen LogP contribution in [0.3, 0.4) is 0 Å². The van der Waals surface area contributed by atoms with E-state index in [1.807, 2.05) is 18.9 Å². The van der Waals surface area contributed by atoms with Gasteiger partial charge in [0, 0.05) is 52.0 Å². The summed E-state index contributed by atoms with van der Waals surface area (Å²) < 4.78 is 28.8. The Balaban J connectivity index is 1.69. The predicted molar refractivity (Wildman–Crippen MR) is 93.5 cm³/mol. The number of aromatic nitrogens is 2. The van der Waals surface area contributed by atoms with Gasteiger partial charge in [0.15, 0.2) is 5.03 Å². The molecule has 0 spiro atoms. The molecular weight excluding hydrogens is 342 g/mol. The highest BCUT2D eigenvalue weighted by Crippen LogP contribution is 2.24. The van der Waals surface area contributed by atoms with Gasteiger partial charge in [-0.3, -0.25) is 4.79 Å². The summed E-state index contributed by atoms with van der Waals surface area (Å²) in [5, 5.41) is 0.0713. The normalized spacial score (nSPS) is 23.8. The second-order valence-electron chi connectivity index (χ2n) is 6.87. The van der Waals surface area contributed by atoms with Crippen LogP contribution < -0.4 is 0 Å². The van der Waals surface area contributed by atoms with Crippen LogP contribution in [0.1, 0.15) is 19.8 Å². The summed E-state index contributed by atoms with van der Waals surface area (Å²) in [6.45, 7) is 6.50. The number of piperidine rings is 1. The number of imidazole rings is 1. The fourth-order valence-electron chi connectivity index (χ4n) is 3.43. The van der Waals surface area contributed by atoms with Crippen LogP contribution in [-0.4, -0.2) is 84.3 Å². The first-order chi connectivity index (χ1) is 11.9. The third kappa shape index (κ3) is 3.88. The molecule has 1 aromatic rings. The van der Waals surface area contributed by atoms with Crippen LogP contribution in [0.5, 0.6) is 0 Å². The van der Waals surface area contributed by atoms with E-state index in [1.54, 1.807) is 10.8 Å². The molecule has 8 nitrogen and oxygen atoms in total. The number of hydrogen-bond donors (Lipinski definition) is 0. The Hall–Kier alpha value is -1.45. The molecule has 1 atom stereocenters. The SMILES string of the molecule is CCn1cnc(S(=O)(=O)N2CCCC(C(=O)N3CCN(C)CC3)C2)c1. The maximum atomic E-state index is 12.8. The van der Waals surface area contributed by atoms with Crippen molar-refractivity contribution >= 4 is 15.9 Å². The third-order valence-corrected chi connectivity index (χ3v) is 6.88. The van der Waals surface area contributed by atoms with E-state index in [0.29, 0.717) is 19.5 Å². The maximum absolute atomic E-state index is 12.8. The number of carbonyl (C=O) groups is 1. The van der Waals surface area contributed by atoms with E-state index in [1.165, 1.54) is 10.6 Å². The zero-order valence-electron chi connectivity index (χ0n) is 15.0. The molecule has 1 unspecified atom stereocenters. The number of piperazine rings is 1. The van der Waals surface area contributed by atoms with Gasteiger partial charge in [-0.15, -0.1) is 0 Å². The monoisotopic (exact) mass is 369 g/mol. The third-order valence-electron chi connectivity index (χ3n) is 5.13. The summed E-state index contributed by atoms with van der Waals surface area (Å²) in [7, 11) is -1.59. The Kier molecular flexibility index (Phi) is 5.45. The van der Waals surface area contributed by atoms with Gasteiger partial charge in [0.05, 0.1) is 12.2 Å². The van der Waals surface area contributed by atoms with Gasteiger partial charge in [0.25, 0.3) is 10.0 Å². The smallest absolute Gasteiger partial charge is 0.262 e. The van der Waals surface area contributed by atoms with E-state index < -0.39 is 10.0 Å². The first kappa shape index (κ1) is 18.3. The van der Waals surface area contributed by atoms with E-state index in [-0.39, 0.29) is 23.4 Å². The molecule has 1 aromatic heterocycles. The molecule has 2 aliphatic heterocycles. The summed E-state index contributed by atoms with van der Waals surface area (Å²) in [4.78, 5) is 20.9. The molecule has 140 valence electrons. The molecule has 3 heterocycles. The molecule has 0 N–H and O–H groups in total. The van der Waals surface area contributed by atoms with E-state index >= 15 is 0 Å². The molecule has 0 aliphatic carbocycles. The highest BCUT2D eigenvalue weighted by molar-refractivity contribution is 7.89. The van der Waals surface area contributed by atoms with E-state index in [4.69, 9.17) is 0 Å². The van der Waals surface area contributed by atoms with Crippen LogP contribution in [0.15, 0.2) is 17.6 Å². The Bertz CT molecular complexity index is 709. The summed E-state index contributed by atoms with van der Waals surface area (Å²) in [6.07, 6.45) is 4.55. The highest BCUT2D eigenvalue weighted by atomic mass is 32.2. The van der Waals surface area contributed by atoms with Gasteiger partial charge in [-0.1, -0.05) is 0 Å². The van der Waals surface area contributed by atoms with Gasteiger partial charge in [-0.2, -0.15) is 4.31 Å². The van der Waals surface area contributed by atoms with E-state index in [2.05, 4.69) is 9.88 Å². The standard InChI is InChI=1S/C16H27N5O3S/c1-3-19-12-15(17-13-19)25(23,24)21-6-4-5-14(11-21)16(22)20-9-7-18(2)8-10-20/h12-14H,3-11H2,1-2H3. The lowest BCUT2D eigenvalue weighted by Crippen LogP contribution is -2.52. The van der Waals surface area contributed by atoms with Crippen LogP contribution in [0.25, 0.3) is 0 Å². The number of amides is 1. The minimum Gasteiger partial charge on any atom is -0.340 e. The van der Waals surface area contributed by atoms with Crippen molar-refractivity contribution < 1.29 is 13.2 Å². The number of rotatable bonds is 4. The number of nitrogens with zero attached hydrogens (tertiary/aromatic N) is 5. The average molecular weight is 369 g/mol. The van der Waals surface area contributed by atoms with Gasteiger partial charge >= 0.3 is 0 Å². The Morgan fingerprint density at radius 1 is 1.24 bits per heavy atom. The van der Waals surface area contributed by atoms with Crippen molar-refractivity contribution in [2.45, 2.75) is 31.3 Å². The topological polar surface area (TPSA) is 78.8 Å². The van der Waals surface area contributed by atoms with Gasteiger partial charge in [-0.05, 0) is 26.8 Å². The number of likely N-dealkylation sites (N-methyl/N-ethyl adjacent to an activating group) is 1. The molecule has 9 heteroatoms. The first-order valence-electron chi connectivity index (χ1n) is 8.91. The van der Waals surface area contributed by atoms with Gasteiger partial charge in [0.1, 0.15) is 0 Å². The predicted octanol–water partition coefficient (Wildman–Crippen LogP) is 0.0777. The van der Waals surface area contributed by atoms with Crippen LogP contribution in [-0.2, 0) is 21.4 Å². The first-order valence-corrected chi connectivity index (χ1v) is 10.3. The lowest BCUT2D eigenvalue weighted by molar-refractivity contribution is -0.138. The molecule has 25 heavy (non-hydrogen) atoms. The molecule has 0 radical (unpaired) electrons. The minimum atomic E-state index is -3.63. The van der Waals surface area contributed by atoms with Crippen molar-refractivity contribution in [1.82, 2.24) is 23.7 Å². The Morgan fingerprint density at radius 2 is 1.96 bits per heavy atom. The summed E-state index contributed by atoms with van der Waals surface area (Å²) in [5.41, 5.74) is 0. The summed E-state index contributed by atoms with van der Waals surface area (Å²) >= 11 is 0. The molecule has 0 aromatic carbocycles. The fraction of sp³-hybridized carbons (Fsp3) is 0.750. The average Bonchev–Trinajstić information content (AvgIpc) is 3.12. The molecule has 2 saturated heterocycles. The molecule has 3 rings (SSSR count). The quantitative estimate of drug-likeness (QED) is 0.751. The molecule has 2 fully saturated rings. The summed E-state index contributed by atoms with van der Waals surface area (Å²) in [6, 6.07) is 0. The number of hydrogen-bond acceptors (Lipinski definition) is 5. The Morgan fingerprint density at radius 3 is 2.60 bits per heavy atom.